The van der Waals surface area contributed by atoms with E-state index in [1.54, 1.807) is 24.0 Å². The molecule has 0 spiro atoms. The summed E-state index contributed by atoms with van der Waals surface area (Å²) >= 11 is 5.98. The van der Waals surface area contributed by atoms with E-state index in [1.807, 2.05) is 58.0 Å². The highest BCUT2D eigenvalue weighted by molar-refractivity contribution is 6.30. The van der Waals surface area contributed by atoms with Crippen LogP contribution in [-0.4, -0.2) is 35.9 Å². The molecule has 162 valence electrons. The first-order valence-corrected chi connectivity index (χ1v) is 10.6. The van der Waals surface area contributed by atoms with Gasteiger partial charge >= 0.3 is 0 Å². The molecule has 1 N–H and O–H groups in total. The maximum atomic E-state index is 13.1. The predicted octanol–water partition coefficient (Wildman–Crippen LogP) is 4.53. The van der Waals surface area contributed by atoms with Gasteiger partial charge in [-0.1, -0.05) is 49.7 Å². The highest BCUT2D eigenvalue weighted by Gasteiger charge is 2.26. The van der Waals surface area contributed by atoms with Gasteiger partial charge in [-0.3, -0.25) is 9.59 Å². The fourth-order valence-corrected chi connectivity index (χ4v) is 3.05. The van der Waals surface area contributed by atoms with E-state index in [4.69, 9.17) is 16.3 Å². The summed E-state index contributed by atoms with van der Waals surface area (Å²) in [4.78, 5) is 27.3. The Labute approximate surface area is 184 Å². The van der Waals surface area contributed by atoms with E-state index < -0.39 is 6.04 Å². The fourth-order valence-electron chi connectivity index (χ4n) is 2.92. The van der Waals surface area contributed by atoms with Crippen molar-refractivity contribution in [2.45, 2.75) is 47.2 Å². The van der Waals surface area contributed by atoms with Crippen LogP contribution in [0.25, 0.3) is 0 Å². The summed E-state index contributed by atoms with van der Waals surface area (Å²) in [6.45, 7) is 10.5. The molecule has 0 radical (unpaired) electrons. The normalized spacial score (nSPS) is 11.8. The number of ether oxygens (including phenoxy) is 1. The predicted molar refractivity (Wildman–Crippen MR) is 121 cm³/mol. The van der Waals surface area contributed by atoms with Crippen LogP contribution in [0.4, 0.5) is 0 Å². The van der Waals surface area contributed by atoms with Gasteiger partial charge in [-0.05, 0) is 61.6 Å². The molecule has 2 aromatic rings. The Kier molecular flexibility index (Phi) is 8.72. The molecule has 2 amide bonds. The highest BCUT2D eigenvalue weighted by atomic mass is 35.5. The largest absolute Gasteiger partial charge is 0.483 e. The minimum absolute atomic E-state index is 0.139. The Morgan fingerprint density at radius 3 is 2.37 bits per heavy atom. The molecule has 6 heteroatoms. The van der Waals surface area contributed by atoms with Crippen LogP contribution in [0.2, 0.25) is 5.02 Å². The molecule has 2 aromatic carbocycles. The summed E-state index contributed by atoms with van der Waals surface area (Å²) in [6.07, 6.45) is 0. The third kappa shape index (κ3) is 6.77. The number of nitrogens with zero attached hydrogens (tertiary/aromatic N) is 1. The zero-order valence-electron chi connectivity index (χ0n) is 18.4. The van der Waals surface area contributed by atoms with Crippen molar-refractivity contribution < 1.29 is 14.3 Å². The average Bonchev–Trinajstić information content (AvgIpc) is 2.71. The first-order valence-electron chi connectivity index (χ1n) is 10.2. The van der Waals surface area contributed by atoms with Crippen molar-refractivity contribution in [2.75, 3.05) is 13.2 Å². The molecule has 0 fully saturated rings. The van der Waals surface area contributed by atoms with Gasteiger partial charge in [-0.2, -0.15) is 0 Å². The molecule has 0 heterocycles. The van der Waals surface area contributed by atoms with Crippen molar-refractivity contribution in [3.05, 3.63) is 64.2 Å². The SMILES string of the molecule is Cc1cccc(OCC(=O)N(Cc2ccc(Cl)cc2)[C@@H](C)C(=O)NCC(C)C)c1C. The van der Waals surface area contributed by atoms with Crippen molar-refractivity contribution in [2.24, 2.45) is 5.92 Å². The van der Waals surface area contributed by atoms with E-state index in [-0.39, 0.29) is 18.4 Å². The Bertz CT molecular complexity index is 865. The number of carbonyl (C=O) groups is 2. The maximum absolute atomic E-state index is 13.1. The second-order valence-electron chi connectivity index (χ2n) is 7.95. The topological polar surface area (TPSA) is 58.6 Å². The van der Waals surface area contributed by atoms with Crippen molar-refractivity contribution in [3.63, 3.8) is 0 Å². The Balaban J connectivity index is 2.15. The zero-order valence-corrected chi connectivity index (χ0v) is 19.1. The highest BCUT2D eigenvalue weighted by Crippen LogP contribution is 2.21. The quantitative estimate of drug-likeness (QED) is 0.636. The van der Waals surface area contributed by atoms with Crippen LogP contribution in [0, 0.1) is 19.8 Å². The van der Waals surface area contributed by atoms with Gasteiger partial charge < -0.3 is 15.0 Å². The van der Waals surface area contributed by atoms with Gasteiger partial charge in [0.2, 0.25) is 5.91 Å². The van der Waals surface area contributed by atoms with Crippen molar-refractivity contribution in [1.29, 1.82) is 0 Å². The molecule has 1 atom stereocenters. The van der Waals surface area contributed by atoms with E-state index >= 15 is 0 Å². The number of aryl methyl sites for hydroxylation is 1. The molecule has 30 heavy (non-hydrogen) atoms. The third-order valence-electron chi connectivity index (χ3n) is 5.02. The Morgan fingerprint density at radius 1 is 1.07 bits per heavy atom. The monoisotopic (exact) mass is 430 g/mol. The van der Waals surface area contributed by atoms with E-state index in [1.165, 1.54) is 0 Å². The molecule has 0 saturated carbocycles. The van der Waals surface area contributed by atoms with E-state index in [0.29, 0.717) is 29.8 Å². The third-order valence-corrected chi connectivity index (χ3v) is 5.28. The summed E-state index contributed by atoms with van der Waals surface area (Å²) in [5, 5.41) is 3.53. The van der Waals surface area contributed by atoms with Crippen molar-refractivity contribution >= 4 is 23.4 Å². The minimum atomic E-state index is -0.630. The molecular formula is C24H31ClN2O3. The molecule has 0 aliphatic rings. The lowest BCUT2D eigenvalue weighted by atomic mass is 10.1. The van der Waals surface area contributed by atoms with Crippen molar-refractivity contribution in [3.8, 4) is 5.75 Å². The minimum Gasteiger partial charge on any atom is -0.483 e. The smallest absolute Gasteiger partial charge is 0.261 e. The van der Waals surface area contributed by atoms with E-state index in [0.717, 1.165) is 16.7 Å². The summed E-state index contributed by atoms with van der Waals surface area (Å²) in [5.41, 5.74) is 2.99. The van der Waals surface area contributed by atoms with Crippen LogP contribution in [0.1, 0.15) is 37.5 Å². The lowest BCUT2D eigenvalue weighted by molar-refractivity contribution is -0.142. The first-order chi connectivity index (χ1) is 14.2. The molecule has 0 unspecified atom stereocenters. The Morgan fingerprint density at radius 2 is 1.73 bits per heavy atom. The van der Waals surface area contributed by atoms with Crippen LogP contribution in [0.3, 0.4) is 0 Å². The van der Waals surface area contributed by atoms with Gasteiger partial charge in [-0.25, -0.2) is 0 Å². The molecule has 0 aliphatic heterocycles. The molecular weight excluding hydrogens is 400 g/mol. The molecule has 0 bridgehead atoms. The average molecular weight is 431 g/mol. The molecule has 5 nitrogen and oxygen atoms in total. The number of rotatable bonds is 9. The first kappa shape index (κ1) is 23.7. The molecule has 0 aliphatic carbocycles. The fraction of sp³-hybridized carbons (Fsp3) is 0.417. The lowest BCUT2D eigenvalue weighted by Crippen LogP contribution is -2.49. The number of benzene rings is 2. The number of halogens is 1. The zero-order chi connectivity index (χ0) is 22.3. The molecule has 0 aromatic heterocycles. The summed E-state index contributed by atoms with van der Waals surface area (Å²) in [5.74, 6) is 0.566. The van der Waals surface area contributed by atoms with Gasteiger partial charge in [0.1, 0.15) is 11.8 Å². The van der Waals surface area contributed by atoms with E-state index in [2.05, 4.69) is 5.32 Å². The summed E-state index contributed by atoms with van der Waals surface area (Å²) < 4.78 is 5.80. The standard InChI is InChI=1S/C24H31ClN2O3/c1-16(2)13-26-24(29)19(5)27(14-20-9-11-21(25)12-10-20)23(28)15-30-22-8-6-7-17(3)18(22)4/h6-12,16,19H,13-15H2,1-5H3,(H,26,29)/t19-/m0/s1. The van der Waals surface area contributed by atoms with Crippen LogP contribution < -0.4 is 10.1 Å². The van der Waals surface area contributed by atoms with Gasteiger partial charge in [-0.15, -0.1) is 0 Å². The van der Waals surface area contributed by atoms with Crippen LogP contribution in [0.15, 0.2) is 42.5 Å². The number of amides is 2. The van der Waals surface area contributed by atoms with Gasteiger partial charge in [0.25, 0.3) is 5.91 Å². The van der Waals surface area contributed by atoms with E-state index in [9.17, 15) is 9.59 Å². The second kappa shape index (κ2) is 11.0. The van der Waals surface area contributed by atoms with Crippen LogP contribution >= 0.6 is 11.6 Å². The molecule has 0 saturated heterocycles. The van der Waals surface area contributed by atoms with Gasteiger partial charge in [0.15, 0.2) is 6.61 Å². The Hall–Kier alpha value is -2.53. The number of hydrogen-bond donors (Lipinski definition) is 1. The van der Waals surface area contributed by atoms with Crippen LogP contribution in [-0.2, 0) is 16.1 Å². The maximum Gasteiger partial charge on any atom is 0.261 e. The second-order valence-corrected chi connectivity index (χ2v) is 8.39. The van der Waals surface area contributed by atoms with Gasteiger partial charge in [0.05, 0.1) is 0 Å². The number of carbonyl (C=O) groups excluding carboxylic acids is 2. The molecule has 2 rings (SSSR count). The lowest BCUT2D eigenvalue weighted by Gasteiger charge is -2.29. The summed E-state index contributed by atoms with van der Waals surface area (Å²) in [7, 11) is 0. The summed E-state index contributed by atoms with van der Waals surface area (Å²) in [6, 6.07) is 12.4. The van der Waals surface area contributed by atoms with Crippen molar-refractivity contribution in [1.82, 2.24) is 10.2 Å². The van der Waals surface area contributed by atoms with Crippen LogP contribution in [0.5, 0.6) is 5.75 Å². The number of hydrogen-bond acceptors (Lipinski definition) is 3. The number of nitrogens with one attached hydrogen (secondary N) is 1. The van der Waals surface area contributed by atoms with Gasteiger partial charge in [0, 0.05) is 18.1 Å².